The van der Waals surface area contributed by atoms with Crippen LogP contribution < -0.4 is 5.73 Å². The average Bonchev–Trinajstić information content (AvgIpc) is 3.03. The number of unbranched alkanes of at least 4 members (excludes halogenated alkanes) is 1. The molecule has 114 valence electrons. The van der Waals surface area contributed by atoms with Crippen molar-refractivity contribution in [3.8, 4) is 6.07 Å². The fraction of sp³-hybridized carbons (Fsp3) is 0.467. The molecule has 0 aliphatic carbocycles. The first kappa shape index (κ1) is 14.3. The number of anilines is 1. The number of amides is 1. The first-order valence-electron chi connectivity index (χ1n) is 7.47. The highest BCUT2D eigenvalue weighted by molar-refractivity contribution is 6.08. The molecule has 1 aliphatic heterocycles. The summed E-state index contributed by atoms with van der Waals surface area (Å²) >= 11 is 0. The van der Waals surface area contributed by atoms with Crippen LogP contribution in [0.2, 0.25) is 0 Å². The number of aromatic nitrogens is 3. The summed E-state index contributed by atoms with van der Waals surface area (Å²) in [6, 6.07) is 2.12. The molecular weight excluding hydrogens is 280 g/mol. The summed E-state index contributed by atoms with van der Waals surface area (Å²) in [5.41, 5.74) is 8.61. The molecule has 3 rings (SSSR count). The molecule has 7 heteroatoms. The molecule has 0 bridgehead atoms. The number of carbonyl (C=O) groups is 1. The Labute approximate surface area is 128 Å². The molecule has 3 heterocycles. The monoisotopic (exact) mass is 298 g/mol. The Hall–Kier alpha value is -2.62. The quantitative estimate of drug-likeness (QED) is 0.846. The number of hydrogen-bond donors (Lipinski definition) is 1. The van der Waals surface area contributed by atoms with Gasteiger partial charge in [-0.05, 0) is 12.8 Å². The van der Waals surface area contributed by atoms with Crippen molar-refractivity contribution >= 4 is 22.6 Å². The van der Waals surface area contributed by atoms with Crippen LogP contribution in [0.1, 0.15) is 42.2 Å². The maximum Gasteiger partial charge on any atom is 0.258 e. The molecule has 0 radical (unpaired) electrons. The number of carbonyl (C=O) groups excluding carboxylic acids is 1. The summed E-state index contributed by atoms with van der Waals surface area (Å²) in [7, 11) is 0. The van der Waals surface area contributed by atoms with Gasteiger partial charge in [0.05, 0.1) is 41.1 Å². The fourth-order valence-electron chi connectivity index (χ4n) is 2.85. The number of hydrogen-bond acceptors (Lipinski definition) is 5. The second kappa shape index (κ2) is 5.64. The van der Waals surface area contributed by atoms with E-state index in [1.165, 1.54) is 0 Å². The SMILES string of the molecule is CCCN1Cc2nc3c(cnn3CCCC#N)c(N)c2C1=O. The molecular formula is C15H18N6O. The summed E-state index contributed by atoms with van der Waals surface area (Å²) < 4.78 is 1.76. The van der Waals surface area contributed by atoms with E-state index < -0.39 is 0 Å². The zero-order chi connectivity index (χ0) is 15.7. The van der Waals surface area contributed by atoms with Gasteiger partial charge in [-0.15, -0.1) is 0 Å². The molecule has 0 aromatic carbocycles. The number of fused-ring (bicyclic) bond motifs is 2. The molecule has 0 spiro atoms. The molecule has 0 saturated heterocycles. The number of rotatable bonds is 5. The van der Waals surface area contributed by atoms with E-state index in [1.54, 1.807) is 15.8 Å². The van der Waals surface area contributed by atoms with E-state index in [4.69, 9.17) is 11.0 Å². The highest BCUT2D eigenvalue weighted by Crippen LogP contribution is 2.32. The summed E-state index contributed by atoms with van der Waals surface area (Å²) in [5.74, 6) is -0.0408. The van der Waals surface area contributed by atoms with E-state index in [-0.39, 0.29) is 5.91 Å². The van der Waals surface area contributed by atoms with E-state index in [1.807, 2.05) is 6.92 Å². The Morgan fingerprint density at radius 3 is 3.00 bits per heavy atom. The zero-order valence-corrected chi connectivity index (χ0v) is 12.5. The van der Waals surface area contributed by atoms with E-state index in [0.717, 1.165) is 12.1 Å². The topological polar surface area (TPSA) is 101 Å². The van der Waals surface area contributed by atoms with Crippen molar-refractivity contribution in [1.82, 2.24) is 19.7 Å². The van der Waals surface area contributed by atoms with Crippen LogP contribution in [0.15, 0.2) is 6.20 Å². The van der Waals surface area contributed by atoms with Crippen molar-refractivity contribution in [2.24, 2.45) is 0 Å². The molecule has 0 atom stereocenters. The smallest absolute Gasteiger partial charge is 0.258 e. The number of pyridine rings is 1. The summed E-state index contributed by atoms with van der Waals surface area (Å²) in [5, 5.41) is 13.6. The lowest BCUT2D eigenvalue weighted by Crippen LogP contribution is -2.24. The molecule has 2 aromatic rings. The van der Waals surface area contributed by atoms with E-state index in [2.05, 4.69) is 16.2 Å². The molecule has 7 nitrogen and oxygen atoms in total. The van der Waals surface area contributed by atoms with Gasteiger partial charge in [-0.2, -0.15) is 10.4 Å². The third-order valence-electron chi connectivity index (χ3n) is 3.89. The minimum atomic E-state index is -0.0408. The number of nitrogen functional groups attached to an aromatic ring is 1. The Balaban J connectivity index is 2.01. The van der Waals surface area contributed by atoms with Crippen molar-refractivity contribution in [3.05, 3.63) is 17.5 Å². The van der Waals surface area contributed by atoms with Gasteiger partial charge in [0, 0.05) is 19.5 Å². The maximum atomic E-state index is 12.4. The molecule has 2 aromatic heterocycles. The van der Waals surface area contributed by atoms with E-state index >= 15 is 0 Å². The Morgan fingerprint density at radius 2 is 2.27 bits per heavy atom. The van der Waals surface area contributed by atoms with Crippen molar-refractivity contribution in [1.29, 1.82) is 5.26 Å². The molecule has 1 aliphatic rings. The van der Waals surface area contributed by atoms with E-state index in [9.17, 15) is 4.79 Å². The summed E-state index contributed by atoms with van der Waals surface area (Å²) in [6.07, 6.45) is 3.75. The van der Waals surface area contributed by atoms with Crippen LogP contribution in [0.25, 0.3) is 11.0 Å². The third kappa shape index (κ3) is 2.17. The molecule has 0 saturated carbocycles. The van der Waals surface area contributed by atoms with Crippen LogP contribution in [0, 0.1) is 11.3 Å². The van der Waals surface area contributed by atoms with Gasteiger partial charge in [-0.25, -0.2) is 9.67 Å². The van der Waals surface area contributed by atoms with Gasteiger partial charge in [0.25, 0.3) is 5.91 Å². The van der Waals surface area contributed by atoms with Crippen LogP contribution in [-0.2, 0) is 13.1 Å². The maximum absolute atomic E-state index is 12.4. The predicted molar refractivity (Wildman–Crippen MR) is 81.8 cm³/mol. The normalized spacial score (nSPS) is 13.6. The minimum absolute atomic E-state index is 0.0408. The highest BCUT2D eigenvalue weighted by atomic mass is 16.2. The zero-order valence-electron chi connectivity index (χ0n) is 12.5. The largest absolute Gasteiger partial charge is 0.397 e. The third-order valence-corrected chi connectivity index (χ3v) is 3.89. The van der Waals surface area contributed by atoms with Gasteiger partial charge in [0.2, 0.25) is 0 Å². The van der Waals surface area contributed by atoms with Crippen molar-refractivity contribution in [3.63, 3.8) is 0 Å². The van der Waals surface area contributed by atoms with Gasteiger partial charge >= 0.3 is 0 Å². The number of nitrogens with two attached hydrogens (primary N) is 1. The van der Waals surface area contributed by atoms with Crippen molar-refractivity contribution in [2.45, 2.75) is 39.3 Å². The molecule has 1 amide bonds. The number of nitrogens with zero attached hydrogens (tertiary/aromatic N) is 5. The van der Waals surface area contributed by atoms with Gasteiger partial charge in [-0.1, -0.05) is 6.92 Å². The standard InChI is InChI=1S/C15H18N6O/c1-2-6-20-9-11-12(15(20)22)13(17)10-8-18-21(14(10)19-11)7-4-3-5-16/h8H,2-4,6-7,9H2,1H3,(H2,17,19). The minimum Gasteiger partial charge on any atom is -0.397 e. The Morgan fingerprint density at radius 1 is 1.45 bits per heavy atom. The lowest BCUT2D eigenvalue weighted by Gasteiger charge is -2.13. The van der Waals surface area contributed by atoms with Crippen molar-refractivity contribution < 1.29 is 4.79 Å². The fourth-order valence-corrected chi connectivity index (χ4v) is 2.85. The Bertz CT molecular complexity index is 772. The average molecular weight is 298 g/mol. The number of aryl methyl sites for hydroxylation is 1. The second-order valence-corrected chi connectivity index (χ2v) is 5.44. The second-order valence-electron chi connectivity index (χ2n) is 5.44. The molecule has 0 unspecified atom stereocenters. The van der Waals surface area contributed by atoms with Gasteiger partial charge in [-0.3, -0.25) is 4.79 Å². The van der Waals surface area contributed by atoms with Crippen molar-refractivity contribution in [2.75, 3.05) is 12.3 Å². The van der Waals surface area contributed by atoms with Crippen LogP contribution in [0.3, 0.4) is 0 Å². The highest BCUT2D eigenvalue weighted by Gasteiger charge is 2.32. The summed E-state index contributed by atoms with van der Waals surface area (Å²) in [6.45, 7) is 3.87. The Kier molecular flexibility index (Phi) is 3.67. The predicted octanol–water partition coefficient (Wildman–Crippen LogP) is 1.68. The molecule has 2 N–H and O–H groups in total. The van der Waals surface area contributed by atoms with Gasteiger partial charge in [0.15, 0.2) is 5.65 Å². The van der Waals surface area contributed by atoms with Crippen LogP contribution in [-0.4, -0.2) is 32.1 Å². The molecule has 0 fully saturated rings. The lowest BCUT2D eigenvalue weighted by molar-refractivity contribution is 0.0779. The first-order valence-corrected chi connectivity index (χ1v) is 7.47. The number of nitriles is 1. The van der Waals surface area contributed by atoms with E-state index in [0.29, 0.717) is 54.8 Å². The van der Waals surface area contributed by atoms with Crippen LogP contribution >= 0.6 is 0 Å². The van der Waals surface area contributed by atoms with Crippen LogP contribution in [0.4, 0.5) is 5.69 Å². The summed E-state index contributed by atoms with van der Waals surface area (Å²) in [4.78, 5) is 18.8. The first-order chi connectivity index (χ1) is 10.7. The van der Waals surface area contributed by atoms with Crippen LogP contribution in [0.5, 0.6) is 0 Å². The van der Waals surface area contributed by atoms with Gasteiger partial charge < -0.3 is 10.6 Å². The molecule has 22 heavy (non-hydrogen) atoms. The lowest BCUT2D eigenvalue weighted by atomic mass is 10.1. The van der Waals surface area contributed by atoms with Gasteiger partial charge in [0.1, 0.15) is 0 Å².